The second-order valence-electron chi connectivity index (χ2n) is 4.34. The molecule has 0 saturated carbocycles. The molecular formula is C13H19ClN2O. The van der Waals surface area contributed by atoms with Gasteiger partial charge in [0.2, 0.25) is 0 Å². The zero-order chi connectivity index (χ0) is 12.1. The summed E-state index contributed by atoms with van der Waals surface area (Å²) in [6.45, 7) is 4.23. The maximum atomic E-state index is 9.23. The number of rotatable bonds is 4. The van der Waals surface area contributed by atoms with Crippen LogP contribution in [0.15, 0.2) is 24.3 Å². The minimum absolute atomic E-state index is 0.194. The third-order valence-corrected chi connectivity index (χ3v) is 3.60. The Balaban J connectivity index is 2.18. The van der Waals surface area contributed by atoms with E-state index in [-0.39, 0.29) is 12.6 Å². The SMILES string of the molecule is OCC[C@H](c1ccccc1Cl)N1CCNCC1. The van der Waals surface area contributed by atoms with Gasteiger partial charge in [-0.1, -0.05) is 29.8 Å². The van der Waals surface area contributed by atoms with Crippen LogP contribution in [0.1, 0.15) is 18.0 Å². The molecule has 1 aliphatic heterocycles. The molecule has 2 N–H and O–H groups in total. The van der Waals surface area contributed by atoms with E-state index in [1.54, 1.807) is 0 Å². The van der Waals surface area contributed by atoms with Gasteiger partial charge >= 0.3 is 0 Å². The van der Waals surface area contributed by atoms with E-state index in [1.807, 2.05) is 18.2 Å². The number of hydrogen-bond acceptors (Lipinski definition) is 3. The van der Waals surface area contributed by atoms with E-state index in [1.165, 1.54) is 0 Å². The maximum absolute atomic E-state index is 9.23. The molecule has 0 aliphatic carbocycles. The number of nitrogens with zero attached hydrogens (tertiary/aromatic N) is 1. The lowest BCUT2D eigenvalue weighted by Gasteiger charge is -2.35. The summed E-state index contributed by atoms with van der Waals surface area (Å²) in [6.07, 6.45) is 0.740. The Bertz CT molecular complexity index is 353. The predicted octanol–water partition coefficient (Wildman–Crippen LogP) is 1.67. The van der Waals surface area contributed by atoms with E-state index in [2.05, 4.69) is 16.3 Å². The maximum Gasteiger partial charge on any atom is 0.0453 e. The van der Waals surface area contributed by atoms with Gasteiger partial charge in [0.15, 0.2) is 0 Å². The molecule has 3 nitrogen and oxygen atoms in total. The van der Waals surface area contributed by atoms with Gasteiger partial charge in [-0.2, -0.15) is 0 Å². The van der Waals surface area contributed by atoms with Crippen molar-refractivity contribution in [2.45, 2.75) is 12.5 Å². The molecule has 1 atom stereocenters. The fraction of sp³-hybridized carbons (Fsp3) is 0.538. The van der Waals surface area contributed by atoms with Crippen molar-refractivity contribution in [3.63, 3.8) is 0 Å². The first-order chi connectivity index (χ1) is 8.33. The van der Waals surface area contributed by atoms with Crippen LogP contribution in [0.25, 0.3) is 0 Å². The highest BCUT2D eigenvalue weighted by atomic mass is 35.5. The number of halogens is 1. The minimum atomic E-state index is 0.194. The van der Waals surface area contributed by atoms with Gasteiger partial charge in [-0.05, 0) is 18.1 Å². The van der Waals surface area contributed by atoms with Crippen molar-refractivity contribution < 1.29 is 5.11 Å². The van der Waals surface area contributed by atoms with Crippen LogP contribution in [0.2, 0.25) is 5.02 Å². The summed E-state index contributed by atoms with van der Waals surface area (Å²) < 4.78 is 0. The van der Waals surface area contributed by atoms with Crippen LogP contribution in [0.3, 0.4) is 0 Å². The van der Waals surface area contributed by atoms with Crippen molar-refractivity contribution in [1.29, 1.82) is 0 Å². The van der Waals surface area contributed by atoms with Gasteiger partial charge in [-0.25, -0.2) is 0 Å². The Morgan fingerprint density at radius 2 is 2.00 bits per heavy atom. The number of hydrogen-bond donors (Lipinski definition) is 2. The smallest absolute Gasteiger partial charge is 0.0453 e. The van der Waals surface area contributed by atoms with Gasteiger partial charge in [0.25, 0.3) is 0 Å². The Morgan fingerprint density at radius 3 is 2.65 bits per heavy atom. The number of aliphatic hydroxyl groups excluding tert-OH is 1. The van der Waals surface area contributed by atoms with Crippen molar-refractivity contribution in [3.8, 4) is 0 Å². The summed E-state index contributed by atoms with van der Waals surface area (Å²) in [5.41, 5.74) is 1.13. The van der Waals surface area contributed by atoms with Gasteiger partial charge in [0.05, 0.1) is 0 Å². The first-order valence-corrected chi connectivity index (χ1v) is 6.51. The summed E-state index contributed by atoms with van der Waals surface area (Å²) >= 11 is 6.25. The van der Waals surface area contributed by atoms with Crippen molar-refractivity contribution >= 4 is 11.6 Å². The number of piperazine rings is 1. The molecule has 1 heterocycles. The molecule has 1 saturated heterocycles. The van der Waals surface area contributed by atoms with Crippen LogP contribution in [-0.2, 0) is 0 Å². The quantitative estimate of drug-likeness (QED) is 0.858. The molecule has 0 radical (unpaired) electrons. The second-order valence-corrected chi connectivity index (χ2v) is 4.74. The fourth-order valence-electron chi connectivity index (χ4n) is 2.40. The molecule has 17 heavy (non-hydrogen) atoms. The van der Waals surface area contributed by atoms with E-state index in [0.29, 0.717) is 0 Å². The topological polar surface area (TPSA) is 35.5 Å². The molecule has 0 amide bonds. The second kappa shape index (κ2) is 6.36. The highest BCUT2D eigenvalue weighted by Gasteiger charge is 2.23. The predicted molar refractivity (Wildman–Crippen MR) is 70.3 cm³/mol. The fourth-order valence-corrected chi connectivity index (χ4v) is 2.66. The molecule has 1 aromatic carbocycles. The lowest BCUT2D eigenvalue weighted by molar-refractivity contribution is 0.141. The van der Waals surface area contributed by atoms with Crippen molar-refractivity contribution in [2.24, 2.45) is 0 Å². The van der Waals surface area contributed by atoms with Gasteiger partial charge in [0, 0.05) is 43.9 Å². The van der Waals surface area contributed by atoms with E-state index < -0.39 is 0 Å². The molecule has 1 fully saturated rings. The van der Waals surface area contributed by atoms with Crippen molar-refractivity contribution in [2.75, 3.05) is 32.8 Å². The molecular weight excluding hydrogens is 236 g/mol. The molecule has 0 spiro atoms. The van der Waals surface area contributed by atoms with Gasteiger partial charge in [0.1, 0.15) is 0 Å². The third kappa shape index (κ3) is 3.19. The Kier molecular flexibility index (Phi) is 4.80. The Labute approximate surface area is 107 Å². The summed E-state index contributed by atoms with van der Waals surface area (Å²) in [6, 6.07) is 8.16. The molecule has 2 rings (SSSR count). The molecule has 0 unspecified atom stereocenters. The standard InChI is InChI=1S/C13H19ClN2O/c14-12-4-2-1-3-11(12)13(5-10-17)16-8-6-15-7-9-16/h1-4,13,15,17H,5-10H2/t13-/m1/s1. The van der Waals surface area contributed by atoms with Crippen LogP contribution in [-0.4, -0.2) is 42.8 Å². The lowest BCUT2D eigenvalue weighted by atomic mass is 10.0. The first-order valence-electron chi connectivity index (χ1n) is 6.13. The first kappa shape index (κ1) is 12.8. The van der Waals surface area contributed by atoms with Crippen molar-refractivity contribution in [3.05, 3.63) is 34.9 Å². The molecule has 1 aliphatic rings. The molecule has 1 aromatic rings. The van der Waals surface area contributed by atoms with Crippen LogP contribution in [0.4, 0.5) is 0 Å². The molecule has 4 heteroatoms. The minimum Gasteiger partial charge on any atom is -0.396 e. The van der Waals surface area contributed by atoms with E-state index in [4.69, 9.17) is 11.6 Å². The average molecular weight is 255 g/mol. The van der Waals surface area contributed by atoms with Gasteiger partial charge < -0.3 is 10.4 Å². The number of aliphatic hydroxyl groups is 1. The molecule has 0 bridgehead atoms. The largest absolute Gasteiger partial charge is 0.396 e. The van der Waals surface area contributed by atoms with Crippen molar-refractivity contribution in [1.82, 2.24) is 10.2 Å². The lowest BCUT2D eigenvalue weighted by Crippen LogP contribution is -2.45. The summed E-state index contributed by atoms with van der Waals surface area (Å²) in [7, 11) is 0. The highest BCUT2D eigenvalue weighted by Crippen LogP contribution is 2.29. The molecule has 94 valence electrons. The van der Waals surface area contributed by atoms with Gasteiger partial charge in [-0.15, -0.1) is 0 Å². The Morgan fingerprint density at radius 1 is 1.29 bits per heavy atom. The summed E-state index contributed by atoms with van der Waals surface area (Å²) in [4.78, 5) is 2.40. The van der Waals surface area contributed by atoms with Crippen LogP contribution in [0.5, 0.6) is 0 Å². The zero-order valence-corrected chi connectivity index (χ0v) is 10.7. The number of benzene rings is 1. The van der Waals surface area contributed by atoms with E-state index >= 15 is 0 Å². The summed E-state index contributed by atoms with van der Waals surface area (Å²) in [5, 5.41) is 13.4. The normalized spacial score (nSPS) is 19.2. The average Bonchev–Trinajstić information content (AvgIpc) is 2.38. The summed E-state index contributed by atoms with van der Waals surface area (Å²) in [5.74, 6) is 0. The number of nitrogens with one attached hydrogen (secondary N) is 1. The van der Waals surface area contributed by atoms with E-state index in [9.17, 15) is 5.11 Å². The third-order valence-electron chi connectivity index (χ3n) is 3.26. The van der Waals surface area contributed by atoms with E-state index in [0.717, 1.165) is 43.2 Å². The van der Waals surface area contributed by atoms with Crippen LogP contribution >= 0.6 is 11.6 Å². The zero-order valence-electron chi connectivity index (χ0n) is 9.90. The Hall–Kier alpha value is -0.610. The monoisotopic (exact) mass is 254 g/mol. The molecule has 0 aromatic heterocycles. The van der Waals surface area contributed by atoms with Crippen LogP contribution < -0.4 is 5.32 Å². The van der Waals surface area contributed by atoms with Gasteiger partial charge in [-0.3, -0.25) is 4.90 Å². The highest BCUT2D eigenvalue weighted by molar-refractivity contribution is 6.31. The van der Waals surface area contributed by atoms with Crippen LogP contribution in [0, 0.1) is 0 Å².